The van der Waals surface area contributed by atoms with Crippen LogP contribution in [0.1, 0.15) is 32.3 Å². The summed E-state index contributed by atoms with van der Waals surface area (Å²) in [6.45, 7) is 6.65. The van der Waals surface area contributed by atoms with Crippen molar-refractivity contribution in [2.24, 2.45) is 5.92 Å². The van der Waals surface area contributed by atoms with Crippen LogP contribution in [0.25, 0.3) is 0 Å². The van der Waals surface area contributed by atoms with Crippen molar-refractivity contribution >= 4 is 18.3 Å². The average Bonchev–Trinajstić information content (AvgIpc) is 3.00. The molecule has 0 spiro atoms. The third-order valence-corrected chi connectivity index (χ3v) is 3.60. The first kappa shape index (κ1) is 18.8. The highest BCUT2D eigenvalue weighted by Crippen LogP contribution is 2.13. The normalized spacial score (nSPS) is 17.1. The topological polar surface area (TPSA) is 50.4 Å². The number of hydrogen-bond acceptors (Lipinski definition) is 3. The zero-order valence-electron chi connectivity index (χ0n) is 13.4. The van der Waals surface area contributed by atoms with E-state index >= 15 is 0 Å². The lowest BCUT2D eigenvalue weighted by Crippen LogP contribution is -2.41. The van der Waals surface area contributed by atoms with Gasteiger partial charge in [0, 0.05) is 6.54 Å². The number of rotatable bonds is 7. The van der Waals surface area contributed by atoms with Gasteiger partial charge in [0.05, 0.1) is 12.6 Å². The highest BCUT2D eigenvalue weighted by atomic mass is 35.5. The number of carbonyl (C=O) groups excluding carboxylic acids is 1. The van der Waals surface area contributed by atoms with Crippen LogP contribution in [0.2, 0.25) is 0 Å². The molecule has 1 fully saturated rings. The molecule has 1 unspecified atom stereocenters. The van der Waals surface area contributed by atoms with Gasteiger partial charge in [-0.15, -0.1) is 12.4 Å². The predicted octanol–water partition coefficient (Wildman–Crippen LogP) is 2.55. The molecular weight excluding hydrogens is 300 g/mol. The van der Waals surface area contributed by atoms with Gasteiger partial charge in [-0.05, 0) is 49.4 Å². The van der Waals surface area contributed by atoms with Crippen molar-refractivity contribution in [2.45, 2.75) is 39.2 Å². The Morgan fingerprint density at radius 3 is 2.68 bits per heavy atom. The van der Waals surface area contributed by atoms with Gasteiger partial charge in [-0.1, -0.05) is 26.0 Å². The van der Waals surface area contributed by atoms with Crippen molar-refractivity contribution < 1.29 is 9.53 Å². The van der Waals surface area contributed by atoms with E-state index in [-0.39, 0.29) is 24.4 Å². The third kappa shape index (κ3) is 6.24. The molecule has 22 heavy (non-hydrogen) atoms. The summed E-state index contributed by atoms with van der Waals surface area (Å²) in [6, 6.07) is 8.14. The molecule has 1 heterocycles. The van der Waals surface area contributed by atoms with E-state index < -0.39 is 0 Å². The van der Waals surface area contributed by atoms with E-state index in [9.17, 15) is 4.79 Å². The van der Waals surface area contributed by atoms with E-state index in [0.717, 1.165) is 38.2 Å². The van der Waals surface area contributed by atoms with Gasteiger partial charge in [0.1, 0.15) is 5.75 Å². The lowest BCUT2D eigenvalue weighted by atomic mass is 10.1. The molecule has 5 heteroatoms. The number of benzene rings is 1. The van der Waals surface area contributed by atoms with E-state index in [0.29, 0.717) is 12.5 Å². The van der Waals surface area contributed by atoms with Crippen LogP contribution in [0.5, 0.6) is 5.75 Å². The van der Waals surface area contributed by atoms with Gasteiger partial charge in [0.2, 0.25) is 5.91 Å². The molecular formula is C17H27ClN2O2. The van der Waals surface area contributed by atoms with Gasteiger partial charge >= 0.3 is 0 Å². The number of amides is 1. The summed E-state index contributed by atoms with van der Waals surface area (Å²) < 4.78 is 5.65. The van der Waals surface area contributed by atoms with Gasteiger partial charge < -0.3 is 15.4 Å². The van der Waals surface area contributed by atoms with Crippen LogP contribution in [-0.2, 0) is 11.2 Å². The zero-order valence-corrected chi connectivity index (χ0v) is 14.2. The molecule has 1 atom stereocenters. The fourth-order valence-electron chi connectivity index (χ4n) is 2.38. The average molecular weight is 327 g/mol. The smallest absolute Gasteiger partial charge is 0.237 e. The number of hydrogen-bond donors (Lipinski definition) is 2. The van der Waals surface area contributed by atoms with Crippen molar-refractivity contribution in [3.05, 3.63) is 29.8 Å². The molecule has 0 radical (unpaired) electrons. The largest absolute Gasteiger partial charge is 0.493 e. The first-order chi connectivity index (χ1) is 10.1. The van der Waals surface area contributed by atoms with Crippen LogP contribution >= 0.6 is 12.4 Å². The fraction of sp³-hybridized carbons (Fsp3) is 0.588. The molecule has 1 aromatic rings. The maximum atomic E-state index is 11.8. The van der Waals surface area contributed by atoms with Crippen LogP contribution in [0, 0.1) is 5.92 Å². The summed E-state index contributed by atoms with van der Waals surface area (Å²) in [7, 11) is 0. The van der Waals surface area contributed by atoms with Gasteiger partial charge in [0.15, 0.2) is 0 Å². The summed E-state index contributed by atoms with van der Waals surface area (Å²) in [5.41, 5.74) is 1.21. The second-order valence-electron chi connectivity index (χ2n) is 6.04. The van der Waals surface area contributed by atoms with Crippen LogP contribution < -0.4 is 15.4 Å². The molecule has 1 aliphatic rings. The molecule has 0 saturated carbocycles. The third-order valence-electron chi connectivity index (χ3n) is 3.60. The Morgan fingerprint density at radius 1 is 1.36 bits per heavy atom. The van der Waals surface area contributed by atoms with Gasteiger partial charge in [-0.3, -0.25) is 4.79 Å². The van der Waals surface area contributed by atoms with Crippen LogP contribution in [-0.4, -0.2) is 31.6 Å². The zero-order chi connectivity index (χ0) is 15.1. The molecule has 0 bridgehead atoms. The van der Waals surface area contributed by atoms with Gasteiger partial charge in [0.25, 0.3) is 0 Å². The molecule has 4 nitrogen and oxygen atoms in total. The Kier molecular flexibility index (Phi) is 8.28. The van der Waals surface area contributed by atoms with E-state index in [1.807, 2.05) is 12.1 Å². The first-order valence-electron chi connectivity index (χ1n) is 7.88. The van der Waals surface area contributed by atoms with Crippen LogP contribution in [0.4, 0.5) is 0 Å². The Balaban J connectivity index is 0.00000242. The second kappa shape index (κ2) is 9.70. The summed E-state index contributed by atoms with van der Waals surface area (Å²) in [5.74, 6) is 1.57. The molecule has 1 aromatic carbocycles. The molecule has 2 N–H and O–H groups in total. The maximum Gasteiger partial charge on any atom is 0.237 e. The number of nitrogens with one attached hydrogen (secondary N) is 2. The Hall–Kier alpha value is -1.26. The highest BCUT2D eigenvalue weighted by Gasteiger charge is 2.21. The Bertz CT molecular complexity index is 442. The molecule has 0 aliphatic carbocycles. The molecule has 1 saturated heterocycles. The number of ether oxygens (including phenoxy) is 1. The summed E-state index contributed by atoms with van der Waals surface area (Å²) in [4.78, 5) is 11.8. The van der Waals surface area contributed by atoms with Gasteiger partial charge in [-0.25, -0.2) is 0 Å². The van der Waals surface area contributed by atoms with Crippen molar-refractivity contribution in [1.29, 1.82) is 0 Å². The molecule has 2 rings (SSSR count). The maximum absolute atomic E-state index is 11.8. The van der Waals surface area contributed by atoms with Crippen LogP contribution in [0.3, 0.4) is 0 Å². The number of carbonyl (C=O) groups is 1. The van der Waals surface area contributed by atoms with E-state index in [4.69, 9.17) is 4.74 Å². The monoisotopic (exact) mass is 326 g/mol. The summed E-state index contributed by atoms with van der Waals surface area (Å²) >= 11 is 0. The van der Waals surface area contributed by atoms with Crippen molar-refractivity contribution in [2.75, 3.05) is 19.7 Å². The molecule has 0 aromatic heterocycles. The van der Waals surface area contributed by atoms with E-state index in [1.54, 1.807) is 0 Å². The molecule has 124 valence electrons. The SMILES string of the molecule is CC(C)COc1ccc(CCNC(=O)C2CCCN2)cc1.Cl. The predicted molar refractivity (Wildman–Crippen MR) is 91.8 cm³/mol. The lowest BCUT2D eigenvalue weighted by Gasteiger charge is -2.11. The minimum atomic E-state index is 0. The highest BCUT2D eigenvalue weighted by molar-refractivity contribution is 5.85. The number of halogens is 1. The lowest BCUT2D eigenvalue weighted by molar-refractivity contribution is -0.122. The Morgan fingerprint density at radius 2 is 2.09 bits per heavy atom. The standard InChI is InChI=1S/C17H26N2O2.ClH/c1-13(2)12-21-15-7-5-14(6-8-15)9-11-19-17(20)16-4-3-10-18-16;/h5-8,13,16,18H,3-4,9-12H2,1-2H3,(H,19,20);1H. The van der Waals surface area contributed by atoms with Gasteiger partial charge in [-0.2, -0.15) is 0 Å². The fourth-order valence-corrected chi connectivity index (χ4v) is 2.38. The molecule has 1 aliphatic heterocycles. The minimum Gasteiger partial charge on any atom is -0.493 e. The quantitative estimate of drug-likeness (QED) is 0.809. The van der Waals surface area contributed by atoms with Crippen molar-refractivity contribution in [3.63, 3.8) is 0 Å². The van der Waals surface area contributed by atoms with Crippen LogP contribution in [0.15, 0.2) is 24.3 Å². The van der Waals surface area contributed by atoms with E-state index in [2.05, 4.69) is 36.6 Å². The second-order valence-corrected chi connectivity index (χ2v) is 6.04. The van der Waals surface area contributed by atoms with Crippen molar-refractivity contribution in [3.8, 4) is 5.75 Å². The van der Waals surface area contributed by atoms with E-state index in [1.165, 1.54) is 5.56 Å². The first-order valence-corrected chi connectivity index (χ1v) is 7.88. The molecule has 1 amide bonds. The minimum absolute atomic E-state index is 0. The summed E-state index contributed by atoms with van der Waals surface area (Å²) in [6.07, 6.45) is 2.90. The summed E-state index contributed by atoms with van der Waals surface area (Å²) in [5, 5.41) is 6.20. The Labute approximate surface area is 139 Å². The van der Waals surface area contributed by atoms with Crippen molar-refractivity contribution in [1.82, 2.24) is 10.6 Å².